The van der Waals surface area contributed by atoms with Gasteiger partial charge >= 0.3 is 0 Å². The third-order valence-electron chi connectivity index (χ3n) is 3.53. The number of rotatable bonds is 2. The Hall–Kier alpha value is -0.580. The van der Waals surface area contributed by atoms with E-state index in [4.69, 9.17) is 5.73 Å². The van der Waals surface area contributed by atoms with Crippen molar-refractivity contribution in [1.82, 2.24) is 4.90 Å². The molecule has 0 amide bonds. The van der Waals surface area contributed by atoms with Crippen molar-refractivity contribution in [3.8, 4) is 0 Å². The van der Waals surface area contributed by atoms with Gasteiger partial charge in [-0.25, -0.2) is 0 Å². The molecule has 2 unspecified atom stereocenters. The van der Waals surface area contributed by atoms with Gasteiger partial charge in [-0.05, 0) is 32.2 Å². The Balaban J connectivity index is 2.20. The lowest BCUT2D eigenvalue weighted by molar-refractivity contribution is 0.197. The summed E-state index contributed by atoms with van der Waals surface area (Å²) < 4.78 is 1.13. The summed E-state index contributed by atoms with van der Waals surface area (Å²) in [6.07, 6.45) is 0. The first kappa shape index (κ1) is 12.9. The SMILES string of the molecule is CC1CN(C)C(CN)CN1c1cccc(Br)c1. The highest BCUT2D eigenvalue weighted by atomic mass is 79.9. The zero-order valence-corrected chi connectivity index (χ0v) is 12.0. The lowest BCUT2D eigenvalue weighted by atomic mass is 10.1. The van der Waals surface area contributed by atoms with Gasteiger partial charge in [0.2, 0.25) is 0 Å². The highest BCUT2D eigenvalue weighted by Gasteiger charge is 2.28. The molecular weight excluding hydrogens is 278 g/mol. The molecule has 2 rings (SSSR count). The average Bonchev–Trinajstić information content (AvgIpc) is 2.29. The van der Waals surface area contributed by atoms with Gasteiger partial charge in [0, 0.05) is 41.9 Å². The molecule has 0 bridgehead atoms. The zero-order chi connectivity index (χ0) is 12.4. The molecule has 1 aliphatic rings. The first-order valence-corrected chi connectivity index (χ1v) is 6.83. The molecule has 0 aromatic heterocycles. The van der Waals surface area contributed by atoms with Crippen LogP contribution in [0.3, 0.4) is 0 Å². The largest absolute Gasteiger partial charge is 0.366 e. The van der Waals surface area contributed by atoms with E-state index in [9.17, 15) is 0 Å². The van der Waals surface area contributed by atoms with Crippen molar-refractivity contribution < 1.29 is 0 Å². The van der Waals surface area contributed by atoms with Crippen LogP contribution in [0.2, 0.25) is 0 Å². The molecule has 0 saturated carbocycles. The number of benzene rings is 1. The molecule has 1 heterocycles. The fourth-order valence-corrected chi connectivity index (χ4v) is 2.87. The van der Waals surface area contributed by atoms with Gasteiger partial charge in [-0.3, -0.25) is 4.90 Å². The quantitative estimate of drug-likeness (QED) is 0.905. The van der Waals surface area contributed by atoms with Crippen molar-refractivity contribution >= 4 is 21.6 Å². The number of anilines is 1. The normalized spacial score (nSPS) is 26.2. The monoisotopic (exact) mass is 297 g/mol. The Kier molecular flexibility index (Phi) is 4.07. The Morgan fingerprint density at radius 1 is 1.41 bits per heavy atom. The molecule has 2 N–H and O–H groups in total. The lowest BCUT2D eigenvalue weighted by Gasteiger charge is -2.44. The number of nitrogens with two attached hydrogens (primary N) is 1. The van der Waals surface area contributed by atoms with Crippen LogP contribution in [0.25, 0.3) is 0 Å². The predicted octanol–water partition coefficient (Wildman–Crippen LogP) is 1.92. The number of nitrogens with zero attached hydrogens (tertiary/aromatic N) is 2. The van der Waals surface area contributed by atoms with E-state index in [0.29, 0.717) is 18.6 Å². The van der Waals surface area contributed by atoms with Gasteiger partial charge in [0.15, 0.2) is 0 Å². The minimum atomic E-state index is 0.449. The highest BCUT2D eigenvalue weighted by molar-refractivity contribution is 9.10. The summed E-state index contributed by atoms with van der Waals surface area (Å²) in [6, 6.07) is 9.46. The molecule has 3 nitrogen and oxygen atoms in total. The molecule has 17 heavy (non-hydrogen) atoms. The first-order chi connectivity index (χ1) is 8.11. The van der Waals surface area contributed by atoms with Crippen LogP contribution < -0.4 is 10.6 Å². The van der Waals surface area contributed by atoms with Crippen LogP contribution in [0.4, 0.5) is 5.69 Å². The fraction of sp³-hybridized carbons (Fsp3) is 0.538. The first-order valence-electron chi connectivity index (χ1n) is 6.04. The molecule has 4 heteroatoms. The summed E-state index contributed by atoms with van der Waals surface area (Å²) in [6.45, 7) is 5.05. The van der Waals surface area contributed by atoms with Crippen molar-refractivity contribution in [1.29, 1.82) is 0 Å². The summed E-state index contributed by atoms with van der Waals surface area (Å²) >= 11 is 3.53. The van der Waals surface area contributed by atoms with E-state index in [2.05, 4.69) is 64.0 Å². The van der Waals surface area contributed by atoms with Crippen molar-refractivity contribution in [2.24, 2.45) is 5.73 Å². The minimum Gasteiger partial charge on any atom is -0.366 e. The van der Waals surface area contributed by atoms with Gasteiger partial charge in [0.25, 0.3) is 0 Å². The van der Waals surface area contributed by atoms with Crippen LogP contribution in [0.5, 0.6) is 0 Å². The summed E-state index contributed by atoms with van der Waals surface area (Å²) in [5, 5.41) is 0. The van der Waals surface area contributed by atoms with E-state index in [1.54, 1.807) is 0 Å². The van der Waals surface area contributed by atoms with E-state index in [1.807, 2.05) is 0 Å². The second-order valence-electron chi connectivity index (χ2n) is 4.81. The van der Waals surface area contributed by atoms with Crippen molar-refractivity contribution in [2.75, 3.05) is 31.6 Å². The maximum absolute atomic E-state index is 5.83. The van der Waals surface area contributed by atoms with Crippen LogP contribution in [0, 0.1) is 0 Å². The number of likely N-dealkylation sites (N-methyl/N-ethyl adjacent to an activating group) is 1. The number of hydrogen-bond donors (Lipinski definition) is 1. The van der Waals surface area contributed by atoms with E-state index in [1.165, 1.54) is 5.69 Å². The third-order valence-corrected chi connectivity index (χ3v) is 4.02. The third kappa shape index (κ3) is 2.81. The van der Waals surface area contributed by atoms with Gasteiger partial charge in [-0.15, -0.1) is 0 Å². The molecule has 1 aromatic carbocycles. The highest BCUT2D eigenvalue weighted by Crippen LogP contribution is 2.25. The molecular formula is C13H20BrN3. The van der Waals surface area contributed by atoms with Crippen LogP contribution in [0.15, 0.2) is 28.7 Å². The molecule has 1 aliphatic heterocycles. The molecule has 0 aliphatic carbocycles. The van der Waals surface area contributed by atoms with Crippen LogP contribution in [-0.2, 0) is 0 Å². The second-order valence-corrected chi connectivity index (χ2v) is 5.73. The van der Waals surface area contributed by atoms with Gasteiger partial charge in [-0.1, -0.05) is 22.0 Å². The van der Waals surface area contributed by atoms with Crippen LogP contribution in [0.1, 0.15) is 6.92 Å². The summed E-state index contributed by atoms with van der Waals surface area (Å²) in [7, 11) is 2.16. The maximum Gasteiger partial charge on any atom is 0.0391 e. The Morgan fingerprint density at radius 3 is 2.82 bits per heavy atom. The zero-order valence-electron chi connectivity index (χ0n) is 10.4. The molecule has 0 spiro atoms. The predicted molar refractivity (Wildman–Crippen MR) is 76.4 cm³/mol. The van der Waals surface area contributed by atoms with Crippen molar-refractivity contribution in [2.45, 2.75) is 19.0 Å². The van der Waals surface area contributed by atoms with E-state index >= 15 is 0 Å². The molecule has 1 aromatic rings. The Bertz CT molecular complexity index is 383. The van der Waals surface area contributed by atoms with Crippen LogP contribution in [-0.4, -0.2) is 43.7 Å². The molecule has 1 fully saturated rings. The summed E-state index contributed by atoms with van der Waals surface area (Å²) in [5.41, 5.74) is 7.11. The smallest absolute Gasteiger partial charge is 0.0391 e. The van der Waals surface area contributed by atoms with Gasteiger partial charge in [0.05, 0.1) is 0 Å². The molecule has 94 valence electrons. The average molecular weight is 298 g/mol. The fourth-order valence-electron chi connectivity index (χ4n) is 2.48. The van der Waals surface area contributed by atoms with Gasteiger partial charge in [0.1, 0.15) is 0 Å². The molecule has 0 radical (unpaired) electrons. The van der Waals surface area contributed by atoms with E-state index in [-0.39, 0.29) is 0 Å². The summed E-state index contributed by atoms with van der Waals surface area (Å²) in [5.74, 6) is 0. The minimum absolute atomic E-state index is 0.449. The Labute approximate surface area is 112 Å². The molecule has 1 saturated heterocycles. The van der Waals surface area contributed by atoms with Crippen molar-refractivity contribution in [3.05, 3.63) is 28.7 Å². The molecule has 2 atom stereocenters. The van der Waals surface area contributed by atoms with Crippen LogP contribution >= 0.6 is 15.9 Å². The summed E-state index contributed by atoms with van der Waals surface area (Å²) in [4.78, 5) is 4.81. The maximum atomic E-state index is 5.83. The Morgan fingerprint density at radius 2 is 2.18 bits per heavy atom. The lowest BCUT2D eigenvalue weighted by Crippen LogP contribution is -2.58. The second kappa shape index (κ2) is 5.38. The van der Waals surface area contributed by atoms with Crippen molar-refractivity contribution in [3.63, 3.8) is 0 Å². The van der Waals surface area contributed by atoms with E-state index in [0.717, 1.165) is 17.6 Å². The van der Waals surface area contributed by atoms with Gasteiger partial charge < -0.3 is 10.6 Å². The standard InChI is InChI=1S/C13H20BrN3/c1-10-8-16(2)13(7-15)9-17(10)12-5-3-4-11(14)6-12/h3-6,10,13H,7-9,15H2,1-2H3. The number of halogens is 1. The number of hydrogen-bond acceptors (Lipinski definition) is 3. The number of piperazine rings is 1. The topological polar surface area (TPSA) is 32.5 Å². The van der Waals surface area contributed by atoms with E-state index < -0.39 is 0 Å². The van der Waals surface area contributed by atoms with Gasteiger partial charge in [-0.2, -0.15) is 0 Å².